The fraction of sp³-hybridized carbons (Fsp3) is 0.231. The molecule has 11 heteroatoms. The highest BCUT2D eigenvalue weighted by Crippen LogP contribution is 2.31. The molecule has 1 amide bonds. The van der Waals surface area contributed by atoms with Crippen molar-refractivity contribution in [2.45, 2.75) is 18.7 Å². The summed E-state index contributed by atoms with van der Waals surface area (Å²) in [4.78, 5) is 21.9. The van der Waals surface area contributed by atoms with Crippen molar-refractivity contribution in [1.29, 1.82) is 0 Å². The molecular formula is C26H28ClFN4O3S2. The van der Waals surface area contributed by atoms with Crippen LogP contribution in [0.15, 0.2) is 65.6 Å². The fourth-order valence-corrected chi connectivity index (χ4v) is 5.66. The molecule has 196 valence electrons. The average Bonchev–Trinajstić information content (AvgIpc) is 3.21. The minimum Gasteiger partial charge on any atom is -0.308 e. The van der Waals surface area contributed by atoms with Gasteiger partial charge in [-0.2, -0.15) is 0 Å². The van der Waals surface area contributed by atoms with Gasteiger partial charge in [0.25, 0.3) is 15.9 Å². The van der Waals surface area contributed by atoms with E-state index in [2.05, 4.69) is 17.7 Å². The second kappa shape index (κ2) is 11.6. The van der Waals surface area contributed by atoms with Gasteiger partial charge in [-0.1, -0.05) is 11.3 Å². The number of hydrogen-bond donors (Lipinski definition) is 1. The van der Waals surface area contributed by atoms with Gasteiger partial charge in [0.1, 0.15) is 5.82 Å². The van der Waals surface area contributed by atoms with Crippen LogP contribution in [0.3, 0.4) is 0 Å². The summed E-state index contributed by atoms with van der Waals surface area (Å²) in [7, 11) is -0.00800. The van der Waals surface area contributed by atoms with Crippen LogP contribution >= 0.6 is 23.7 Å². The zero-order valence-corrected chi connectivity index (χ0v) is 23.3. The number of nitrogens with zero attached hydrogens (tertiary/aromatic N) is 3. The maximum Gasteiger partial charge on any atom is 0.261 e. The molecule has 0 saturated heterocycles. The van der Waals surface area contributed by atoms with E-state index in [-0.39, 0.29) is 23.2 Å². The van der Waals surface area contributed by atoms with Crippen molar-refractivity contribution in [1.82, 2.24) is 9.88 Å². The van der Waals surface area contributed by atoms with Crippen molar-refractivity contribution in [3.05, 3.63) is 83.2 Å². The van der Waals surface area contributed by atoms with Crippen LogP contribution in [0.1, 0.15) is 21.5 Å². The minimum absolute atomic E-state index is 0. The van der Waals surface area contributed by atoms with Crippen LogP contribution in [0.5, 0.6) is 0 Å². The first-order chi connectivity index (χ1) is 17.0. The first-order valence-electron chi connectivity index (χ1n) is 11.3. The maximum absolute atomic E-state index is 13.5. The number of likely N-dealkylation sites (N-methyl/N-ethyl adjacent to an activating group) is 1. The normalized spacial score (nSPS) is 11.4. The number of fused-ring (bicyclic) bond motifs is 1. The summed E-state index contributed by atoms with van der Waals surface area (Å²) in [5.74, 6) is -0.744. The zero-order chi connectivity index (χ0) is 26.0. The first-order valence-corrected chi connectivity index (χ1v) is 13.6. The Hall–Kier alpha value is -3.05. The van der Waals surface area contributed by atoms with Crippen molar-refractivity contribution in [2.75, 3.05) is 36.8 Å². The van der Waals surface area contributed by atoms with Crippen LogP contribution in [0.2, 0.25) is 0 Å². The smallest absolute Gasteiger partial charge is 0.261 e. The number of benzene rings is 3. The van der Waals surface area contributed by atoms with Crippen LogP contribution in [0.25, 0.3) is 10.2 Å². The van der Waals surface area contributed by atoms with Gasteiger partial charge in [-0.25, -0.2) is 17.8 Å². The molecule has 0 radical (unpaired) electrons. The quantitative estimate of drug-likeness (QED) is 0.307. The van der Waals surface area contributed by atoms with E-state index in [1.165, 1.54) is 41.2 Å². The van der Waals surface area contributed by atoms with Gasteiger partial charge in [-0.05, 0) is 99.7 Å². The average molecular weight is 563 g/mol. The molecule has 4 aromatic rings. The summed E-state index contributed by atoms with van der Waals surface area (Å²) in [6.07, 6.45) is 0. The van der Waals surface area contributed by atoms with Crippen molar-refractivity contribution in [3.8, 4) is 0 Å². The molecule has 3 aromatic carbocycles. The lowest BCUT2D eigenvalue weighted by atomic mass is 10.1. The van der Waals surface area contributed by atoms with E-state index in [1.54, 1.807) is 17.0 Å². The molecule has 1 N–H and O–H groups in total. The largest absolute Gasteiger partial charge is 0.308 e. The van der Waals surface area contributed by atoms with Gasteiger partial charge >= 0.3 is 0 Å². The Morgan fingerprint density at radius 2 is 1.59 bits per heavy atom. The van der Waals surface area contributed by atoms with Crippen LogP contribution in [0, 0.1) is 19.7 Å². The number of rotatable bonds is 8. The highest BCUT2D eigenvalue weighted by atomic mass is 35.5. The Morgan fingerprint density at radius 1 is 0.973 bits per heavy atom. The maximum atomic E-state index is 13.5. The number of carbonyl (C=O) groups is 1. The Kier molecular flexibility index (Phi) is 8.91. The predicted molar refractivity (Wildman–Crippen MR) is 150 cm³/mol. The lowest BCUT2D eigenvalue weighted by molar-refractivity contribution is 0.0985. The third kappa shape index (κ3) is 6.64. The number of carbonyl (C=O) groups excluding carboxylic acids is 1. The van der Waals surface area contributed by atoms with E-state index in [0.29, 0.717) is 29.5 Å². The Bertz CT molecular complexity index is 1470. The lowest BCUT2D eigenvalue weighted by Crippen LogP contribution is -2.36. The highest BCUT2D eigenvalue weighted by Gasteiger charge is 2.22. The predicted octanol–water partition coefficient (Wildman–Crippen LogP) is 5.48. The van der Waals surface area contributed by atoms with Gasteiger partial charge in [-0.3, -0.25) is 14.4 Å². The molecule has 7 nitrogen and oxygen atoms in total. The molecule has 4 rings (SSSR count). The number of anilines is 2. The number of nitrogens with one attached hydrogen (secondary N) is 1. The molecule has 0 atom stereocenters. The molecule has 0 aliphatic heterocycles. The molecule has 0 bridgehead atoms. The van der Waals surface area contributed by atoms with Gasteiger partial charge in [0.2, 0.25) is 0 Å². The molecule has 0 fully saturated rings. The van der Waals surface area contributed by atoms with Crippen LogP contribution in [-0.4, -0.2) is 51.4 Å². The summed E-state index contributed by atoms with van der Waals surface area (Å²) in [5, 5.41) is 0.614. The van der Waals surface area contributed by atoms with Gasteiger partial charge < -0.3 is 4.90 Å². The highest BCUT2D eigenvalue weighted by molar-refractivity contribution is 7.92. The Balaban J connectivity index is 0.00000380. The van der Waals surface area contributed by atoms with Gasteiger partial charge in [0, 0.05) is 24.3 Å². The number of hydrogen-bond acceptors (Lipinski definition) is 6. The van der Waals surface area contributed by atoms with Crippen molar-refractivity contribution in [3.63, 3.8) is 0 Å². The van der Waals surface area contributed by atoms with E-state index in [0.717, 1.165) is 27.9 Å². The van der Waals surface area contributed by atoms with Gasteiger partial charge in [0.15, 0.2) is 5.13 Å². The van der Waals surface area contributed by atoms with Crippen molar-refractivity contribution >= 4 is 60.7 Å². The third-order valence-corrected chi connectivity index (χ3v) is 8.19. The fourth-order valence-electron chi connectivity index (χ4n) is 3.53. The molecule has 0 unspecified atom stereocenters. The molecule has 1 heterocycles. The summed E-state index contributed by atoms with van der Waals surface area (Å²) in [6.45, 7) is 5.18. The summed E-state index contributed by atoms with van der Waals surface area (Å²) < 4.78 is 41.8. The van der Waals surface area contributed by atoms with Crippen molar-refractivity contribution in [2.24, 2.45) is 0 Å². The molecular weight excluding hydrogens is 535 g/mol. The second-order valence-electron chi connectivity index (χ2n) is 8.80. The van der Waals surface area contributed by atoms with E-state index >= 15 is 0 Å². The summed E-state index contributed by atoms with van der Waals surface area (Å²) in [6, 6.07) is 14.9. The van der Waals surface area contributed by atoms with Gasteiger partial charge in [0.05, 0.1) is 15.1 Å². The lowest BCUT2D eigenvalue weighted by Gasteiger charge is -2.22. The number of amides is 1. The number of aromatic nitrogens is 1. The standard InChI is InChI=1S/C26H27FN4O3S2.ClH/c1-17-15-23-24(16-18(17)2)35-26(28-23)31(14-13-30(3)4)25(32)19-5-9-21(10-6-19)29-36(33,34)22-11-7-20(27)8-12-22;/h5-12,15-16,29H,13-14H2,1-4H3;1H. The number of sulfonamides is 1. The van der Waals surface area contributed by atoms with Crippen LogP contribution < -0.4 is 9.62 Å². The molecule has 0 saturated carbocycles. The molecule has 37 heavy (non-hydrogen) atoms. The van der Waals surface area contributed by atoms with E-state index in [4.69, 9.17) is 4.98 Å². The third-order valence-electron chi connectivity index (χ3n) is 5.75. The zero-order valence-electron chi connectivity index (χ0n) is 20.9. The van der Waals surface area contributed by atoms with Crippen molar-refractivity contribution < 1.29 is 17.6 Å². The number of halogens is 2. The SMILES string of the molecule is Cc1cc2nc(N(CCN(C)C)C(=O)c3ccc(NS(=O)(=O)c4ccc(F)cc4)cc3)sc2cc1C.Cl. The van der Waals surface area contributed by atoms with E-state index in [9.17, 15) is 17.6 Å². The summed E-state index contributed by atoms with van der Waals surface area (Å²) >= 11 is 1.47. The topological polar surface area (TPSA) is 82.6 Å². The summed E-state index contributed by atoms with van der Waals surface area (Å²) in [5.41, 5.74) is 3.87. The Labute approximate surface area is 226 Å². The van der Waals surface area contributed by atoms with Crippen LogP contribution in [0.4, 0.5) is 15.2 Å². The monoisotopic (exact) mass is 562 g/mol. The molecule has 1 aromatic heterocycles. The molecule has 0 spiro atoms. The van der Waals surface area contributed by atoms with Crippen LogP contribution in [-0.2, 0) is 10.0 Å². The molecule has 0 aliphatic rings. The second-order valence-corrected chi connectivity index (χ2v) is 11.5. The Morgan fingerprint density at radius 3 is 2.22 bits per heavy atom. The minimum atomic E-state index is -3.89. The van der Waals surface area contributed by atoms with Gasteiger partial charge in [-0.15, -0.1) is 12.4 Å². The van der Waals surface area contributed by atoms with E-state index in [1.807, 2.05) is 32.0 Å². The molecule has 0 aliphatic carbocycles. The number of aryl methyl sites for hydroxylation is 2. The first kappa shape index (κ1) is 28.5. The number of thiazole rings is 1. The van der Waals surface area contributed by atoms with E-state index < -0.39 is 15.8 Å².